The molecule has 1 unspecified atom stereocenters. The summed E-state index contributed by atoms with van der Waals surface area (Å²) in [5.41, 5.74) is -1.07. The van der Waals surface area contributed by atoms with Crippen LogP contribution in [0.1, 0.15) is 41.0 Å². The first-order valence-electron chi connectivity index (χ1n) is 7.36. The number of aldehydes is 1. The predicted octanol–water partition coefficient (Wildman–Crippen LogP) is 3.05. The van der Waals surface area contributed by atoms with Gasteiger partial charge in [0.25, 0.3) is 0 Å². The van der Waals surface area contributed by atoms with E-state index in [1.165, 1.54) is 0 Å². The van der Waals surface area contributed by atoms with Crippen molar-refractivity contribution in [1.82, 2.24) is 0 Å². The first kappa shape index (κ1) is 20.3. The quantitative estimate of drug-likeness (QED) is 0.330. The summed E-state index contributed by atoms with van der Waals surface area (Å²) in [5.74, 6) is -1.03. The van der Waals surface area contributed by atoms with Gasteiger partial charge >= 0.3 is 13.6 Å². The number of ether oxygens (including phenoxy) is 1. The van der Waals surface area contributed by atoms with Crippen molar-refractivity contribution in [2.75, 3.05) is 19.8 Å². The molecular weight excluding hydrogens is 295 g/mol. The molecule has 0 aromatic carbocycles. The normalized spacial score (nSPS) is 14.8. The molecule has 124 valence electrons. The van der Waals surface area contributed by atoms with E-state index in [-0.39, 0.29) is 32.2 Å². The van der Waals surface area contributed by atoms with Gasteiger partial charge in [0.2, 0.25) is 0 Å². The molecule has 7 heteroatoms. The van der Waals surface area contributed by atoms with Crippen molar-refractivity contribution >= 4 is 19.9 Å². The first-order valence-corrected chi connectivity index (χ1v) is 8.98. The van der Waals surface area contributed by atoms with Crippen molar-refractivity contribution in [3.05, 3.63) is 0 Å². The molecule has 0 aliphatic carbocycles. The van der Waals surface area contributed by atoms with Crippen molar-refractivity contribution in [2.45, 2.75) is 46.7 Å². The Morgan fingerprint density at radius 1 is 1.10 bits per heavy atom. The van der Waals surface area contributed by atoms with E-state index in [2.05, 4.69) is 0 Å². The molecule has 0 bridgehead atoms. The lowest BCUT2D eigenvalue weighted by atomic mass is 9.92. The van der Waals surface area contributed by atoms with Crippen LogP contribution in [0, 0.1) is 11.8 Å². The van der Waals surface area contributed by atoms with Crippen LogP contribution in [0.4, 0.5) is 0 Å². The zero-order chi connectivity index (χ0) is 16.5. The van der Waals surface area contributed by atoms with Gasteiger partial charge in [-0.3, -0.25) is 9.36 Å². The standard InChI is InChI=1S/C14H27O6P/c1-6-18-14(16)13(9-12(10-15)11(4)5)21(17,19-7-2)20-8-3/h10-13H,6-9H2,1-5H3/t12-,13?/m1/s1. The smallest absolute Gasteiger partial charge is 0.344 e. The highest BCUT2D eigenvalue weighted by molar-refractivity contribution is 7.55. The number of hydrogen-bond donors (Lipinski definition) is 0. The molecule has 0 aromatic rings. The molecule has 21 heavy (non-hydrogen) atoms. The second-order valence-electron chi connectivity index (χ2n) is 4.92. The van der Waals surface area contributed by atoms with E-state index in [0.717, 1.165) is 6.29 Å². The fourth-order valence-electron chi connectivity index (χ4n) is 1.91. The summed E-state index contributed by atoms with van der Waals surface area (Å²) in [6.45, 7) is 9.23. The molecule has 0 aliphatic rings. The third-order valence-corrected chi connectivity index (χ3v) is 5.51. The van der Waals surface area contributed by atoms with Crippen LogP contribution in [0.15, 0.2) is 0 Å². The summed E-state index contributed by atoms with van der Waals surface area (Å²) < 4.78 is 28.3. The van der Waals surface area contributed by atoms with Gasteiger partial charge in [-0.25, -0.2) is 0 Å². The highest BCUT2D eigenvalue weighted by Crippen LogP contribution is 2.55. The minimum absolute atomic E-state index is 0.0242. The molecular formula is C14H27O6P. The van der Waals surface area contributed by atoms with Gasteiger partial charge < -0.3 is 18.6 Å². The van der Waals surface area contributed by atoms with Crippen LogP contribution in [0.5, 0.6) is 0 Å². The summed E-state index contributed by atoms with van der Waals surface area (Å²) >= 11 is 0. The number of rotatable bonds is 11. The van der Waals surface area contributed by atoms with E-state index < -0.39 is 25.1 Å². The summed E-state index contributed by atoms with van der Waals surface area (Å²) in [6.07, 6.45) is 0.871. The molecule has 0 aromatic heterocycles. The second-order valence-corrected chi connectivity index (χ2v) is 7.14. The fourth-order valence-corrected chi connectivity index (χ4v) is 3.90. The van der Waals surface area contributed by atoms with E-state index in [4.69, 9.17) is 13.8 Å². The van der Waals surface area contributed by atoms with Crippen LogP contribution < -0.4 is 0 Å². The summed E-state index contributed by atoms with van der Waals surface area (Å²) in [5, 5.41) is 0. The van der Waals surface area contributed by atoms with Crippen LogP contribution in [0.2, 0.25) is 0 Å². The van der Waals surface area contributed by atoms with Gasteiger partial charge in [-0.05, 0) is 33.1 Å². The van der Waals surface area contributed by atoms with Crippen molar-refractivity contribution < 1.29 is 27.9 Å². The van der Waals surface area contributed by atoms with E-state index >= 15 is 0 Å². The van der Waals surface area contributed by atoms with E-state index in [9.17, 15) is 14.2 Å². The third kappa shape index (κ3) is 6.29. The predicted molar refractivity (Wildman–Crippen MR) is 80.3 cm³/mol. The van der Waals surface area contributed by atoms with Crippen LogP contribution in [-0.2, 0) is 27.9 Å². The lowest BCUT2D eigenvalue weighted by Gasteiger charge is -2.27. The Kier molecular flexibility index (Phi) is 9.75. The first-order chi connectivity index (χ1) is 9.86. The van der Waals surface area contributed by atoms with Gasteiger partial charge in [-0.1, -0.05) is 13.8 Å². The van der Waals surface area contributed by atoms with Crippen LogP contribution in [0.25, 0.3) is 0 Å². The Hall–Kier alpha value is -0.710. The van der Waals surface area contributed by atoms with Gasteiger partial charge in [0.05, 0.1) is 19.8 Å². The number of esters is 1. The van der Waals surface area contributed by atoms with Crippen molar-refractivity contribution in [3.63, 3.8) is 0 Å². The van der Waals surface area contributed by atoms with Crippen LogP contribution in [0.3, 0.4) is 0 Å². The van der Waals surface area contributed by atoms with Crippen LogP contribution >= 0.6 is 7.60 Å². The second kappa shape index (κ2) is 10.1. The van der Waals surface area contributed by atoms with Crippen molar-refractivity contribution in [1.29, 1.82) is 0 Å². The Morgan fingerprint density at radius 3 is 1.95 bits per heavy atom. The lowest BCUT2D eigenvalue weighted by Crippen LogP contribution is -2.30. The zero-order valence-corrected chi connectivity index (χ0v) is 14.4. The molecule has 0 rings (SSSR count). The van der Waals surface area contributed by atoms with Gasteiger partial charge in [-0.2, -0.15) is 0 Å². The molecule has 0 fully saturated rings. The average molecular weight is 322 g/mol. The molecule has 0 spiro atoms. The summed E-state index contributed by atoms with van der Waals surface area (Å²) in [4.78, 5) is 23.3. The Labute approximate surface area is 127 Å². The maximum atomic E-state index is 12.8. The maximum Gasteiger partial charge on any atom is 0.344 e. The molecule has 0 saturated carbocycles. The molecule has 0 heterocycles. The number of carbonyl (C=O) groups excluding carboxylic acids is 2. The van der Waals surface area contributed by atoms with Gasteiger partial charge in [0, 0.05) is 5.92 Å². The minimum Gasteiger partial charge on any atom is -0.465 e. The third-order valence-electron chi connectivity index (χ3n) is 3.09. The number of hydrogen-bond acceptors (Lipinski definition) is 6. The molecule has 6 nitrogen and oxygen atoms in total. The largest absolute Gasteiger partial charge is 0.465 e. The fraction of sp³-hybridized carbons (Fsp3) is 0.857. The average Bonchev–Trinajstić information content (AvgIpc) is 2.39. The Balaban J connectivity index is 5.41. The topological polar surface area (TPSA) is 78.9 Å². The van der Waals surface area contributed by atoms with E-state index in [1.807, 2.05) is 13.8 Å². The molecule has 0 aliphatic heterocycles. The SMILES string of the molecule is CCOC(=O)C(C[C@H](C=O)C(C)C)P(=O)(OCC)OCC. The van der Waals surface area contributed by atoms with Crippen LogP contribution in [-0.4, -0.2) is 37.7 Å². The van der Waals surface area contributed by atoms with E-state index in [1.54, 1.807) is 20.8 Å². The lowest BCUT2D eigenvalue weighted by molar-refractivity contribution is -0.143. The zero-order valence-electron chi connectivity index (χ0n) is 13.5. The molecule has 2 atom stereocenters. The monoisotopic (exact) mass is 322 g/mol. The Bertz CT molecular complexity index is 358. The van der Waals surface area contributed by atoms with E-state index in [0.29, 0.717) is 0 Å². The molecule has 0 N–H and O–H groups in total. The highest BCUT2D eigenvalue weighted by Gasteiger charge is 2.43. The van der Waals surface area contributed by atoms with Crippen molar-refractivity contribution in [3.8, 4) is 0 Å². The van der Waals surface area contributed by atoms with Gasteiger partial charge in [-0.15, -0.1) is 0 Å². The highest BCUT2D eigenvalue weighted by atomic mass is 31.2. The molecule has 0 saturated heterocycles. The summed E-state index contributed by atoms with van der Waals surface area (Å²) in [7, 11) is -3.66. The van der Waals surface area contributed by atoms with Crippen molar-refractivity contribution in [2.24, 2.45) is 11.8 Å². The number of carbonyl (C=O) groups is 2. The molecule has 0 amide bonds. The summed E-state index contributed by atoms with van der Waals surface area (Å²) in [6, 6.07) is 0. The van der Waals surface area contributed by atoms with Gasteiger partial charge in [0.1, 0.15) is 6.29 Å². The minimum atomic E-state index is -3.66. The maximum absolute atomic E-state index is 12.8. The molecule has 0 radical (unpaired) electrons. The Morgan fingerprint density at radius 2 is 1.62 bits per heavy atom. The van der Waals surface area contributed by atoms with Gasteiger partial charge in [0.15, 0.2) is 5.66 Å².